The Hall–Kier alpha value is -2.64. The Balaban J connectivity index is 1.63. The molecule has 146 valence electrons. The van der Waals surface area contributed by atoms with E-state index in [1.54, 1.807) is 12.1 Å². The number of carbonyl (C=O) groups is 3. The SMILES string of the molecule is CC1(CC(=O)O)CCN(c2ccc(NC3CCC(=O)NC3=O)c(F)c2)CC1. The molecule has 2 heterocycles. The summed E-state index contributed by atoms with van der Waals surface area (Å²) >= 11 is 0. The van der Waals surface area contributed by atoms with Crippen molar-refractivity contribution >= 4 is 29.2 Å². The first kappa shape index (κ1) is 19.1. The maximum Gasteiger partial charge on any atom is 0.303 e. The zero-order valence-corrected chi connectivity index (χ0v) is 15.3. The fourth-order valence-corrected chi connectivity index (χ4v) is 3.68. The highest BCUT2D eigenvalue weighted by atomic mass is 19.1. The van der Waals surface area contributed by atoms with Crippen LogP contribution in [0.3, 0.4) is 0 Å². The van der Waals surface area contributed by atoms with E-state index in [1.807, 2.05) is 11.8 Å². The van der Waals surface area contributed by atoms with Gasteiger partial charge >= 0.3 is 5.97 Å². The lowest BCUT2D eigenvalue weighted by atomic mass is 9.77. The summed E-state index contributed by atoms with van der Waals surface area (Å²) in [5, 5.41) is 14.1. The number of amides is 2. The molecule has 2 aliphatic rings. The van der Waals surface area contributed by atoms with E-state index >= 15 is 0 Å². The first-order chi connectivity index (χ1) is 12.8. The van der Waals surface area contributed by atoms with Crippen molar-refractivity contribution < 1.29 is 23.9 Å². The molecule has 8 heteroatoms. The molecule has 1 atom stereocenters. The summed E-state index contributed by atoms with van der Waals surface area (Å²) in [5.41, 5.74) is 0.730. The third-order valence-electron chi connectivity index (χ3n) is 5.44. The minimum absolute atomic E-state index is 0.143. The largest absolute Gasteiger partial charge is 0.481 e. The molecule has 3 N–H and O–H groups in total. The molecule has 1 aromatic rings. The van der Waals surface area contributed by atoms with Crippen molar-refractivity contribution in [1.29, 1.82) is 0 Å². The first-order valence-electron chi connectivity index (χ1n) is 9.12. The van der Waals surface area contributed by atoms with Crippen LogP contribution in [0, 0.1) is 11.2 Å². The van der Waals surface area contributed by atoms with Crippen molar-refractivity contribution in [3.05, 3.63) is 24.0 Å². The zero-order valence-electron chi connectivity index (χ0n) is 15.3. The van der Waals surface area contributed by atoms with Crippen LogP contribution in [0.2, 0.25) is 0 Å². The Morgan fingerprint density at radius 1 is 1.37 bits per heavy atom. The van der Waals surface area contributed by atoms with Crippen molar-refractivity contribution in [1.82, 2.24) is 5.32 Å². The number of anilines is 2. The maximum absolute atomic E-state index is 14.5. The van der Waals surface area contributed by atoms with Gasteiger partial charge in [-0.25, -0.2) is 4.39 Å². The molecule has 0 spiro atoms. The van der Waals surface area contributed by atoms with Crippen molar-refractivity contribution in [2.75, 3.05) is 23.3 Å². The summed E-state index contributed by atoms with van der Waals surface area (Å²) in [6.45, 7) is 3.32. The number of hydrogen-bond acceptors (Lipinski definition) is 5. The van der Waals surface area contributed by atoms with E-state index < -0.39 is 23.7 Å². The average Bonchev–Trinajstić information content (AvgIpc) is 2.58. The van der Waals surface area contributed by atoms with Gasteiger partial charge in [-0.1, -0.05) is 6.92 Å². The van der Waals surface area contributed by atoms with Crippen molar-refractivity contribution in [3.8, 4) is 0 Å². The second-order valence-corrected chi connectivity index (χ2v) is 7.68. The predicted octanol–water partition coefficient (Wildman–Crippen LogP) is 2.12. The van der Waals surface area contributed by atoms with E-state index in [-0.39, 0.29) is 29.9 Å². The van der Waals surface area contributed by atoms with Gasteiger partial charge in [0.05, 0.1) is 12.1 Å². The third-order valence-corrected chi connectivity index (χ3v) is 5.44. The van der Waals surface area contributed by atoms with Crippen LogP contribution in [0.1, 0.15) is 39.0 Å². The molecular formula is C19H24FN3O4. The van der Waals surface area contributed by atoms with Gasteiger partial charge in [-0.05, 0) is 42.9 Å². The number of benzene rings is 1. The number of halogens is 1. The highest BCUT2D eigenvalue weighted by Crippen LogP contribution is 2.36. The second kappa shape index (κ2) is 7.54. The summed E-state index contributed by atoms with van der Waals surface area (Å²) < 4.78 is 14.5. The van der Waals surface area contributed by atoms with Crippen LogP contribution < -0.4 is 15.5 Å². The molecule has 3 rings (SSSR count). The summed E-state index contributed by atoms with van der Waals surface area (Å²) in [5.74, 6) is -2.01. The molecule has 27 heavy (non-hydrogen) atoms. The molecule has 2 amide bonds. The zero-order chi connectivity index (χ0) is 19.6. The number of piperidine rings is 2. The Labute approximate surface area is 156 Å². The van der Waals surface area contributed by atoms with Gasteiger partial charge in [-0.15, -0.1) is 0 Å². The van der Waals surface area contributed by atoms with E-state index in [9.17, 15) is 18.8 Å². The van der Waals surface area contributed by atoms with Gasteiger partial charge < -0.3 is 15.3 Å². The maximum atomic E-state index is 14.5. The van der Waals surface area contributed by atoms with Gasteiger partial charge in [0.1, 0.15) is 11.9 Å². The number of nitrogens with zero attached hydrogens (tertiary/aromatic N) is 1. The van der Waals surface area contributed by atoms with E-state index in [0.29, 0.717) is 19.5 Å². The normalized spacial score (nSPS) is 22.3. The highest BCUT2D eigenvalue weighted by Gasteiger charge is 2.32. The van der Waals surface area contributed by atoms with Gasteiger partial charge in [0.25, 0.3) is 0 Å². The number of carboxylic acid groups (broad SMARTS) is 1. The van der Waals surface area contributed by atoms with E-state index in [1.165, 1.54) is 6.07 Å². The fourth-order valence-electron chi connectivity index (χ4n) is 3.68. The predicted molar refractivity (Wildman–Crippen MR) is 98.0 cm³/mol. The van der Waals surface area contributed by atoms with Gasteiger partial charge in [0.15, 0.2) is 0 Å². The van der Waals surface area contributed by atoms with Crippen molar-refractivity contribution in [2.45, 2.75) is 45.1 Å². The summed E-state index contributed by atoms with van der Waals surface area (Å²) in [6.07, 6.45) is 2.17. The summed E-state index contributed by atoms with van der Waals surface area (Å²) in [4.78, 5) is 36.0. The Kier molecular flexibility index (Phi) is 5.34. The van der Waals surface area contributed by atoms with Crippen LogP contribution in [0.25, 0.3) is 0 Å². The lowest BCUT2D eigenvalue weighted by Gasteiger charge is -2.39. The minimum Gasteiger partial charge on any atom is -0.481 e. The standard InChI is InChI=1S/C19H24FN3O4/c1-19(11-17(25)26)6-8-23(9-7-19)12-2-3-14(13(20)10-12)21-15-4-5-16(24)22-18(15)27/h2-3,10,15,21H,4-9,11H2,1H3,(H,25,26)(H,22,24,27). The molecule has 0 bridgehead atoms. The van der Waals surface area contributed by atoms with Crippen LogP contribution in [0.15, 0.2) is 18.2 Å². The van der Waals surface area contributed by atoms with Crippen LogP contribution in [-0.4, -0.2) is 42.0 Å². The molecule has 0 radical (unpaired) electrons. The van der Waals surface area contributed by atoms with Crippen LogP contribution in [0.5, 0.6) is 0 Å². The molecule has 0 saturated carbocycles. The number of nitrogens with one attached hydrogen (secondary N) is 2. The Morgan fingerprint density at radius 2 is 2.07 bits per heavy atom. The second-order valence-electron chi connectivity index (χ2n) is 7.68. The van der Waals surface area contributed by atoms with Gasteiger partial charge in [0, 0.05) is 25.2 Å². The number of imide groups is 1. The Morgan fingerprint density at radius 3 is 2.67 bits per heavy atom. The quantitative estimate of drug-likeness (QED) is 0.680. The number of aliphatic carboxylic acids is 1. The topological polar surface area (TPSA) is 98.7 Å². The lowest BCUT2D eigenvalue weighted by molar-refractivity contribution is -0.140. The minimum atomic E-state index is -0.791. The van der Waals surface area contributed by atoms with Crippen LogP contribution >= 0.6 is 0 Å². The van der Waals surface area contributed by atoms with E-state index in [0.717, 1.165) is 18.5 Å². The molecule has 0 aliphatic carbocycles. The molecule has 2 fully saturated rings. The van der Waals surface area contributed by atoms with Gasteiger partial charge in [-0.2, -0.15) is 0 Å². The monoisotopic (exact) mass is 377 g/mol. The highest BCUT2D eigenvalue weighted by molar-refractivity contribution is 6.01. The molecule has 7 nitrogen and oxygen atoms in total. The molecule has 1 unspecified atom stereocenters. The van der Waals surface area contributed by atoms with E-state index in [2.05, 4.69) is 10.6 Å². The number of hydrogen-bond donors (Lipinski definition) is 3. The first-order valence-corrected chi connectivity index (χ1v) is 9.12. The van der Waals surface area contributed by atoms with Crippen molar-refractivity contribution in [2.24, 2.45) is 5.41 Å². The van der Waals surface area contributed by atoms with E-state index in [4.69, 9.17) is 5.11 Å². The molecular weight excluding hydrogens is 353 g/mol. The van der Waals surface area contributed by atoms with Crippen LogP contribution in [0.4, 0.5) is 15.8 Å². The fraction of sp³-hybridized carbons (Fsp3) is 0.526. The van der Waals surface area contributed by atoms with Gasteiger partial charge in [-0.3, -0.25) is 19.7 Å². The molecule has 0 aromatic heterocycles. The third kappa shape index (κ3) is 4.56. The number of carboxylic acids is 1. The summed E-state index contributed by atoms with van der Waals surface area (Å²) in [6, 6.07) is 4.18. The Bertz CT molecular complexity index is 759. The summed E-state index contributed by atoms with van der Waals surface area (Å²) in [7, 11) is 0. The molecule has 1 aromatic carbocycles. The smallest absolute Gasteiger partial charge is 0.303 e. The molecule has 2 aliphatic heterocycles. The number of carbonyl (C=O) groups excluding carboxylic acids is 2. The average molecular weight is 377 g/mol. The molecule has 2 saturated heterocycles. The number of rotatable bonds is 5. The van der Waals surface area contributed by atoms with Gasteiger partial charge in [0.2, 0.25) is 11.8 Å². The van der Waals surface area contributed by atoms with Crippen molar-refractivity contribution in [3.63, 3.8) is 0 Å². The lowest BCUT2D eigenvalue weighted by Crippen LogP contribution is -2.47. The van der Waals surface area contributed by atoms with Crippen LogP contribution in [-0.2, 0) is 14.4 Å².